The molecule has 20 heteroatoms. The Morgan fingerprint density at radius 3 is 1.27 bits per heavy atom. The minimum atomic E-state index is -0.855. The molecule has 0 saturated heterocycles. The number of ether oxygens (including phenoxy) is 4. The normalized spacial score (nSPS) is 23.5. The highest BCUT2D eigenvalue weighted by atomic mass is 16.5. The summed E-state index contributed by atoms with van der Waals surface area (Å²) in [5, 5.41) is 21.8. The van der Waals surface area contributed by atoms with Crippen molar-refractivity contribution < 1.29 is 62.1 Å². The monoisotopic (exact) mass is 1640 g/mol. The number of fused-ring (bicyclic) bond motifs is 5. The van der Waals surface area contributed by atoms with E-state index in [2.05, 4.69) is 169 Å². The van der Waals surface area contributed by atoms with Gasteiger partial charge in [0.05, 0.1) is 72.9 Å². The third kappa shape index (κ3) is 40.9. The summed E-state index contributed by atoms with van der Waals surface area (Å²) >= 11 is 0. The smallest absolute Gasteiger partial charge is 0.220 e. The first-order chi connectivity index (χ1) is 53.9. The maximum absolute atomic E-state index is 12.8. The van der Waals surface area contributed by atoms with E-state index in [1.54, 1.807) is 27.7 Å². The molecular weight excluding hydrogens is 1460 g/mol. The van der Waals surface area contributed by atoms with Gasteiger partial charge in [-0.25, -0.2) is 0 Å². The van der Waals surface area contributed by atoms with E-state index in [4.69, 9.17) is 18.9 Å². The van der Waals surface area contributed by atoms with Gasteiger partial charge in [0.25, 0.3) is 0 Å². The highest BCUT2D eigenvalue weighted by molar-refractivity contribution is 5.93. The van der Waals surface area contributed by atoms with Crippen molar-refractivity contribution in [2.24, 2.45) is 81.8 Å². The average molecular weight is 1640 g/mol. The minimum Gasteiger partial charge on any atom is -0.379 e. The molecule has 7 N–H and O–H groups in total. The number of nitrogens with one attached hydrogen (secondary N) is 7. The van der Waals surface area contributed by atoms with Crippen molar-refractivity contribution in [3.05, 3.63) is 0 Å². The molecule has 20 nitrogen and oxygen atoms in total. The molecule has 4 saturated carbocycles. The van der Waals surface area contributed by atoms with Crippen LogP contribution in [0.2, 0.25) is 0 Å². The van der Waals surface area contributed by atoms with Gasteiger partial charge in [-0.3, -0.25) is 38.4 Å². The van der Waals surface area contributed by atoms with Crippen molar-refractivity contribution in [2.45, 2.75) is 460 Å². The van der Waals surface area contributed by atoms with Gasteiger partial charge in [0.15, 0.2) is 28.9 Å². The quantitative estimate of drug-likeness (QED) is 0.0279. The fraction of sp³-hybridized carbons (Fsp3) is 0.906. The Labute approximate surface area is 709 Å². The van der Waals surface area contributed by atoms with Gasteiger partial charge in [-0.05, 0) is 218 Å². The van der Waals surface area contributed by atoms with Crippen LogP contribution in [0.25, 0.3) is 0 Å². The molecule has 678 valence electrons. The summed E-state index contributed by atoms with van der Waals surface area (Å²) in [4.78, 5) is 110. The molecule has 0 aromatic carbocycles. The number of carbonyl (C=O) groups excluding carboxylic acids is 9. The fourth-order valence-electron chi connectivity index (χ4n) is 18.5. The maximum atomic E-state index is 12.8. The van der Waals surface area contributed by atoms with Crippen LogP contribution in [-0.2, 0) is 62.1 Å². The molecule has 0 heterocycles. The molecule has 4 fully saturated rings. The van der Waals surface area contributed by atoms with Crippen LogP contribution in [0.5, 0.6) is 0 Å². The highest BCUT2D eigenvalue weighted by Crippen LogP contribution is 2.69. The number of amides is 3. The molecule has 4 rings (SSSR count). The summed E-state index contributed by atoms with van der Waals surface area (Å²) in [6.45, 7) is 68.7. The lowest BCUT2D eigenvalue weighted by molar-refractivity contribution is -0.238. The summed E-state index contributed by atoms with van der Waals surface area (Å²) in [7, 11) is 0. The zero-order chi connectivity index (χ0) is 88.8. The largest absolute Gasteiger partial charge is 0.379 e. The number of ketones is 6. The van der Waals surface area contributed by atoms with E-state index in [1.165, 1.54) is 58.3 Å². The van der Waals surface area contributed by atoms with E-state index in [0.717, 1.165) is 58.1 Å². The fourth-order valence-corrected chi connectivity index (χ4v) is 18.5. The molecule has 116 heavy (non-hydrogen) atoms. The molecule has 0 aromatic heterocycles. The van der Waals surface area contributed by atoms with Crippen molar-refractivity contribution in [3.63, 3.8) is 0 Å². The van der Waals surface area contributed by atoms with E-state index < -0.39 is 24.0 Å². The Hall–Kier alpha value is -3.89. The first-order valence-corrected chi connectivity index (χ1v) is 46.5. The predicted octanol–water partition coefficient (Wildman–Crippen LogP) is 17.7. The predicted molar refractivity (Wildman–Crippen MR) is 476 cm³/mol. The zero-order valence-electron chi connectivity index (χ0n) is 80.2. The second-order valence-electron chi connectivity index (χ2n) is 40.1. The lowest BCUT2D eigenvalue weighted by atomic mass is 9.43. The van der Waals surface area contributed by atoms with E-state index in [-0.39, 0.29) is 144 Å². The summed E-state index contributed by atoms with van der Waals surface area (Å²) < 4.78 is 26.5. The molecule has 0 bridgehead atoms. The van der Waals surface area contributed by atoms with Gasteiger partial charge >= 0.3 is 0 Å². The Morgan fingerprint density at radius 1 is 0.397 bits per heavy atom. The summed E-state index contributed by atoms with van der Waals surface area (Å²) in [6.07, 6.45) is 20.3. The molecule has 0 aromatic rings. The van der Waals surface area contributed by atoms with Crippen LogP contribution in [0.3, 0.4) is 0 Å². The third-order valence-electron chi connectivity index (χ3n) is 24.3. The van der Waals surface area contributed by atoms with Crippen LogP contribution in [0, 0.1) is 81.8 Å². The summed E-state index contributed by atoms with van der Waals surface area (Å²) in [5.74, 6) is 3.49. The average Bonchev–Trinajstić information content (AvgIpc) is 1.47. The molecule has 0 spiro atoms. The van der Waals surface area contributed by atoms with Gasteiger partial charge < -0.3 is 61.0 Å². The van der Waals surface area contributed by atoms with Crippen molar-refractivity contribution in [1.82, 2.24) is 37.2 Å². The number of Topliss-reactive ketones (excluding diaryl/α,β-unsaturated/α-hetero) is 6. The van der Waals surface area contributed by atoms with E-state index in [0.29, 0.717) is 115 Å². The number of hydrogen-bond donors (Lipinski definition) is 7. The number of carbonyl (C=O) groups is 9. The number of unbranched alkanes of at least 4 members (excludes halogenated alkanes) is 2. The molecule has 15 unspecified atom stereocenters. The van der Waals surface area contributed by atoms with Crippen LogP contribution in [0.1, 0.15) is 363 Å². The van der Waals surface area contributed by atoms with Crippen LogP contribution < -0.4 is 37.2 Å². The Kier molecular flexibility index (Phi) is 53.2. The van der Waals surface area contributed by atoms with Crippen LogP contribution in [0.4, 0.5) is 0 Å². The zero-order valence-corrected chi connectivity index (χ0v) is 80.2. The summed E-state index contributed by atoms with van der Waals surface area (Å²) in [5.41, 5.74) is 0.521. The minimum absolute atomic E-state index is 0.0176. The van der Waals surface area contributed by atoms with Crippen LogP contribution in [-0.4, -0.2) is 169 Å². The van der Waals surface area contributed by atoms with Crippen molar-refractivity contribution in [3.8, 4) is 0 Å². The lowest BCUT2D eigenvalue weighted by Crippen LogP contribution is -2.63. The molecule has 0 radical (unpaired) electrons. The van der Waals surface area contributed by atoms with Crippen molar-refractivity contribution in [1.29, 1.82) is 0 Å². The molecule has 4 aliphatic rings. The highest BCUT2D eigenvalue weighted by Gasteiger charge is 2.67. The topological polar surface area (TPSA) is 275 Å². The second kappa shape index (κ2) is 56.0. The number of hydrogen-bond acceptors (Lipinski definition) is 17. The maximum Gasteiger partial charge on any atom is 0.220 e. The third-order valence-corrected chi connectivity index (χ3v) is 24.3. The van der Waals surface area contributed by atoms with Gasteiger partial charge in [0.1, 0.15) is 5.78 Å². The molecule has 16 atom stereocenters. The Bertz CT molecular complexity index is 2840. The van der Waals surface area contributed by atoms with Gasteiger partial charge in [-0.2, -0.15) is 0 Å². The first-order valence-electron chi connectivity index (χ1n) is 46.5. The first kappa shape index (κ1) is 110. The lowest BCUT2D eigenvalue weighted by Gasteiger charge is -2.65. The van der Waals surface area contributed by atoms with Crippen LogP contribution >= 0.6 is 0 Å². The van der Waals surface area contributed by atoms with Gasteiger partial charge in [-0.15, -0.1) is 0 Å². The van der Waals surface area contributed by atoms with Gasteiger partial charge in [0.2, 0.25) is 17.7 Å². The van der Waals surface area contributed by atoms with Gasteiger partial charge in [0, 0.05) is 98.0 Å². The number of rotatable bonds is 52. The summed E-state index contributed by atoms with van der Waals surface area (Å²) in [6, 6.07) is -0.856. The van der Waals surface area contributed by atoms with Crippen molar-refractivity contribution >= 4 is 52.4 Å². The molecule has 0 aliphatic heterocycles. The molecular formula is C96H181N7O13. The van der Waals surface area contributed by atoms with Crippen LogP contribution in [0.15, 0.2) is 0 Å². The second-order valence-corrected chi connectivity index (χ2v) is 40.1. The van der Waals surface area contributed by atoms with Crippen molar-refractivity contribution in [2.75, 3.05) is 19.7 Å². The molecule has 4 aliphatic carbocycles. The molecule has 3 amide bonds. The standard InChI is InChI=1S/C34H62O4.C28H49N3O6.C20H40N2O2.C14H30N2O/c1-20(2)35-19-24(9)27-12-13-28-32-29(18-31(34(27,28)11)38-23(7)8)33(10)15-14-26(36-21(3)4)16-25(33)17-30(32)37-22(5)6;1-16(2)26(35)21(29-19(7)8)12-14-24(33)31-23(28(37)18(5)6)13-15-25(34)30-22(11-10-20(9)32)27(36)17(3)4;1-15(2)11-7-8-13-19(23)21-14-10-9-12-18(22-17(5)6)20(24)16(3)4;1-10(2)14(17)13(16-12(5)6)8-7-9-15-11(3)4/h20-32H,12-19H2,1-11H3;16-19,21-23,29H,10-15H2,1-9H3,(H,30,34)(H,31,33);15-18,22H,7-14H2,1-6H3,(H,21,23);10-13,15-16H,7-9H2,1-6H3/t24-,25?,26?,27?,28?,29?,30?,31?,32?,33?,34?;;;/m1.../s1. The van der Waals surface area contributed by atoms with E-state index in [9.17, 15) is 43.2 Å². The SMILES string of the molecule is CC(=O)CCC(NC(=O)CCC(NC(=O)CCC(NC(C)C)C(=O)C(C)C)C(=O)C(C)C)C(=O)C(C)C.CC(C)CCCCC(=O)NCCCCC(NC(C)C)C(=O)C(C)C.CC(C)NCCCC(NC(C)C)C(=O)C(C)C.CC(C)OC[C@@H](C)C1CCC2C3C(OC(C)C)CC4CC(OC(C)C)CCC4(C)C3CC(OC(C)C)C21C. The Morgan fingerprint density at radius 2 is 0.836 bits per heavy atom. The van der Waals surface area contributed by atoms with Gasteiger partial charge in [-0.1, -0.05) is 172 Å². The van der Waals surface area contributed by atoms with E-state index >= 15 is 0 Å². The van der Waals surface area contributed by atoms with E-state index in [1.807, 2.05) is 55.4 Å². The Balaban J connectivity index is 0.000000808.